The van der Waals surface area contributed by atoms with Crippen LogP contribution in [0.15, 0.2) is 12.3 Å². The van der Waals surface area contributed by atoms with Gasteiger partial charge >= 0.3 is 0 Å². The van der Waals surface area contributed by atoms with Crippen molar-refractivity contribution in [2.24, 2.45) is 0 Å². The summed E-state index contributed by atoms with van der Waals surface area (Å²) in [4.78, 5) is 22.0. The summed E-state index contributed by atoms with van der Waals surface area (Å²) in [7, 11) is 0. The SMILES string of the molecule is Cc1nccc(CN2CCC(=O)CC2C)n1. The Balaban J connectivity index is 2.02. The number of likely N-dealkylation sites (tertiary alicyclic amines) is 1. The van der Waals surface area contributed by atoms with Crippen molar-refractivity contribution in [3.05, 3.63) is 23.8 Å². The third kappa shape index (κ3) is 2.64. The lowest BCUT2D eigenvalue weighted by Gasteiger charge is -2.32. The fourth-order valence-corrected chi connectivity index (χ4v) is 2.09. The molecule has 1 aliphatic rings. The fraction of sp³-hybridized carbons (Fsp3) is 0.583. The van der Waals surface area contributed by atoms with E-state index in [0.717, 1.165) is 24.6 Å². The van der Waals surface area contributed by atoms with Crippen molar-refractivity contribution in [3.8, 4) is 0 Å². The third-order valence-corrected chi connectivity index (χ3v) is 3.02. The summed E-state index contributed by atoms with van der Waals surface area (Å²) in [5.74, 6) is 1.18. The van der Waals surface area contributed by atoms with E-state index in [-0.39, 0.29) is 0 Å². The predicted molar refractivity (Wildman–Crippen MR) is 60.9 cm³/mol. The largest absolute Gasteiger partial charge is 0.300 e. The Hall–Kier alpha value is -1.29. The zero-order valence-corrected chi connectivity index (χ0v) is 9.81. The maximum atomic E-state index is 11.3. The lowest BCUT2D eigenvalue weighted by molar-refractivity contribution is -0.123. The van der Waals surface area contributed by atoms with Gasteiger partial charge in [-0.3, -0.25) is 9.69 Å². The molecule has 2 heterocycles. The van der Waals surface area contributed by atoms with E-state index in [2.05, 4.69) is 21.8 Å². The molecule has 4 heteroatoms. The average molecular weight is 219 g/mol. The highest BCUT2D eigenvalue weighted by molar-refractivity contribution is 5.79. The second-order valence-electron chi connectivity index (χ2n) is 4.41. The van der Waals surface area contributed by atoms with Gasteiger partial charge in [-0.1, -0.05) is 0 Å². The number of piperidine rings is 1. The Labute approximate surface area is 95.7 Å². The molecule has 86 valence electrons. The summed E-state index contributed by atoms with van der Waals surface area (Å²) in [6.45, 7) is 5.67. The van der Waals surface area contributed by atoms with Gasteiger partial charge in [0.15, 0.2) is 0 Å². The predicted octanol–water partition coefficient (Wildman–Crippen LogP) is 1.34. The van der Waals surface area contributed by atoms with Gasteiger partial charge in [-0.15, -0.1) is 0 Å². The van der Waals surface area contributed by atoms with Gasteiger partial charge in [0.2, 0.25) is 0 Å². The topological polar surface area (TPSA) is 46.1 Å². The van der Waals surface area contributed by atoms with Crippen LogP contribution < -0.4 is 0 Å². The van der Waals surface area contributed by atoms with Gasteiger partial charge < -0.3 is 0 Å². The molecule has 1 aromatic rings. The molecule has 0 aromatic carbocycles. The van der Waals surface area contributed by atoms with Crippen LogP contribution >= 0.6 is 0 Å². The van der Waals surface area contributed by atoms with Crippen LogP contribution in [-0.2, 0) is 11.3 Å². The van der Waals surface area contributed by atoms with Crippen molar-refractivity contribution in [3.63, 3.8) is 0 Å². The molecule has 0 saturated carbocycles. The number of nitrogens with zero attached hydrogens (tertiary/aromatic N) is 3. The van der Waals surface area contributed by atoms with Crippen molar-refractivity contribution in [1.29, 1.82) is 0 Å². The molecule has 1 saturated heterocycles. The molecule has 2 rings (SSSR count). The van der Waals surface area contributed by atoms with Gasteiger partial charge in [0, 0.05) is 38.2 Å². The summed E-state index contributed by atoms with van der Waals surface area (Å²) in [5.41, 5.74) is 1.04. The van der Waals surface area contributed by atoms with Gasteiger partial charge in [0.25, 0.3) is 0 Å². The average Bonchev–Trinajstić information content (AvgIpc) is 2.22. The number of ketones is 1. The molecule has 0 spiro atoms. The Morgan fingerprint density at radius 3 is 3.06 bits per heavy atom. The van der Waals surface area contributed by atoms with Crippen LogP contribution in [0.4, 0.5) is 0 Å². The number of Topliss-reactive ketones (excluding diaryl/α,β-unsaturated/α-hetero) is 1. The zero-order chi connectivity index (χ0) is 11.5. The number of aromatic nitrogens is 2. The van der Waals surface area contributed by atoms with Gasteiger partial charge in [-0.25, -0.2) is 9.97 Å². The van der Waals surface area contributed by atoms with Crippen LogP contribution in [0.3, 0.4) is 0 Å². The molecule has 0 radical (unpaired) electrons. The van der Waals surface area contributed by atoms with E-state index in [9.17, 15) is 4.79 Å². The van der Waals surface area contributed by atoms with Crippen molar-refractivity contribution < 1.29 is 4.79 Å². The van der Waals surface area contributed by atoms with Gasteiger partial charge in [-0.05, 0) is 19.9 Å². The lowest BCUT2D eigenvalue weighted by Crippen LogP contribution is -2.40. The molecule has 0 N–H and O–H groups in total. The molecule has 1 aliphatic heterocycles. The highest BCUT2D eigenvalue weighted by Gasteiger charge is 2.23. The molecular weight excluding hydrogens is 202 g/mol. The monoisotopic (exact) mass is 219 g/mol. The summed E-state index contributed by atoms with van der Waals surface area (Å²) in [6.07, 6.45) is 3.13. The van der Waals surface area contributed by atoms with Crippen molar-refractivity contribution >= 4 is 5.78 Å². The summed E-state index contributed by atoms with van der Waals surface area (Å²) >= 11 is 0. The van der Waals surface area contributed by atoms with Crippen molar-refractivity contribution in [2.75, 3.05) is 6.54 Å². The van der Waals surface area contributed by atoms with E-state index in [1.54, 1.807) is 6.20 Å². The van der Waals surface area contributed by atoms with E-state index in [1.807, 2.05) is 13.0 Å². The molecule has 1 atom stereocenters. The molecule has 1 aromatic heterocycles. The maximum absolute atomic E-state index is 11.3. The molecule has 0 aliphatic carbocycles. The first-order chi connectivity index (χ1) is 7.65. The van der Waals surface area contributed by atoms with Crippen molar-refractivity contribution in [1.82, 2.24) is 14.9 Å². The van der Waals surface area contributed by atoms with Crippen molar-refractivity contribution in [2.45, 2.75) is 39.3 Å². The van der Waals surface area contributed by atoms with E-state index < -0.39 is 0 Å². The molecule has 1 fully saturated rings. The van der Waals surface area contributed by atoms with Gasteiger partial charge in [-0.2, -0.15) is 0 Å². The lowest BCUT2D eigenvalue weighted by atomic mass is 10.0. The zero-order valence-electron chi connectivity index (χ0n) is 9.81. The smallest absolute Gasteiger partial charge is 0.135 e. The van der Waals surface area contributed by atoms with Gasteiger partial charge in [0.1, 0.15) is 11.6 Å². The highest BCUT2D eigenvalue weighted by Crippen LogP contribution is 2.16. The molecule has 0 bridgehead atoms. The number of hydrogen-bond donors (Lipinski definition) is 0. The van der Waals surface area contributed by atoms with E-state index in [4.69, 9.17) is 0 Å². The molecule has 16 heavy (non-hydrogen) atoms. The van der Waals surface area contributed by atoms with Crippen LogP contribution in [0.1, 0.15) is 31.3 Å². The fourth-order valence-electron chi connectivity index (χ4n) is 2.09. The number of rotatable bonds is 2. The Morgan fingerprint density at radius 1 is 1.56 bits per heavy atom. The number of aryl methyl sites for hydroxylation is 1. The first kappa shape index (κ1) is 11.2. The molecule has 4 nitrogen and oxygen atoms in total. The second kappa shape index (κ2) is 4.70. The first-order valence-electron chi connectivity index (χ1n) is 5.69. The standard InChI is InChI=1S/C12H17N3O/c1-9-7-12(16)4-6-15(9)8-11-3-5-13-10(2)14-11/h3,5,9H,4,6-8H2,1-2H3. The Morgan fingerprint density at radius 2 is 2.38 bits per heavy atom. The van der Waals surface area contributed by atoms with E-state index >= 15 is 0 Å². The highest BCUT2D eigenvalue weighted by atomic mass is 16.1. The van der Waals surface area contributed by atoms with Crippen LogP contribution in [0.25, 0.3) is 0 Å². The Kier molecular flexibility index (Phi) is 3.29. The first-order valence-corrected chi connectivity index (χ1v) is 5.69. The van der Waals surface area contributed by atoms with E-state index in [0.29, 0.717) is 24.7 Å². The van der Waals surface area contributed by atoms with Crippen LogP contribution in [0.5, 0.6) is 0 Å². The van der Waals surface area contributed by atoms with Gasteiger partial charge in [0.05, 0.1) is 5.69 Å². The third-order valence-electron chi connectivity index (χ3n) is 3.02. The molecule has 1 unspecified atom stereocenters. The summed E-state index contributed by atoms with van der Waals surface area (Å²) in [5, 5.41) is 0. The van der Waals surface area contributed by atoms with E-state index in [1.165, 1.54) is 0 Å². The minimum atomic E-state index is 0.330. The number of hydrogen-bond acceptors (Lipinski definition) is 4. The summed E-state index contributed by atoms with van der Waals surface area (Å²) in [6, 6.07) is 2.27. The Bertz CT molecular complexity index is 392. The minimum absolute atomic E-state index is 0.330. The summed E-state index contributed by atoms with van der Waals surface area (Å²) < 4.78 is 0. The van der Waals surface area contributed by atoms with Crippen LogP contribution in [0.2, 0.25) is 0 Å². The number of carbonyl (C=O) groups is 1. The minimum Gasteiger partial charge on any atom is -0.300 e. The number of carbonyl (C=O) groups excluding carboxylic acids is 1. The normalized spacial score (nSPS) is 22.4. The quantitative estimate of drug-likeness (QED) is 0.753. The maximum Gasteiger partial charge on any atom is 0.135 e. The van der Waals surface area contributed by atoms with Crippen LogP contribution in [0, 0.1) is 6.92 Å². The second-order valence-corrected chi connectivity index (χ2v) is 4.41. The molecule has 0 amide bonds. The van der Waals surface area contributed by atoms with Crippen LogP contribution in [-0.4, -0.2) is 33.2 Å². The molecular formula is C12H17N3O.